The highest BCUT2D eigenvalue weighted by Gasteiger charge is 2.36. The summed E-state index contributed by atoms with van der Waals surface area (Å²) in [6.45, 7) is 6.24. The molecule has 1 saturated carbocycles. The van der Waals surface area contributed by atoms with Gasteiger partial charge in [0.25, 0.3) is 5.56 Å². The molecule has 1 aromatic heterocycles. The molecule has 1 aromatic rings. The monoisotopic (exact) mass is 311 g/mol. The molecule has 0 aromatic carbocycles. The number of rotatable bonds is 6. The lowest BCUT2D eigenvalue weighted by Crippen LogP contribution is -2.24. The van der Waals surface area contributed by atoms with Gasteiger partial charge in [0.05, 0.1) is 18.4 Å². The van der Waals surface area contributed by atoms with Crippen LogP contribution in [-0.4, -0.2) is 15.8 Å². The number of nitrogens with zero attached hydrogens (tertiary/aromatic N) is 2. The van der Waals surface area contributed by atoms with Crippen LogP contribution in [0, 0.1) is 5.92 Å². The smallest absolute Gasteiger partial charge is 0.283 e. The standard InChI is InChI=1S/C13H18BrN3O/c1-3-5-9-7-10(9)16-11-8-15-17(6-4-2)13(18)12(11)14/h4,8-10,16H,2-3,5-7H2,1H3. The molecule has 4 nitrogen and oxygen atoms in total. The van der Waals surface area contributed by atoms with E-state index >= 15 is 0 Å². The number of hydrogen-bond donors (Lipinski definition) is 1. The van der Waals surface area contributed by atoms with E-state index in [1.54, 1.807) is 12.3 Å². The highest BCUT2D eigenvalue weighted by molar-refractivity contribution is 9.10. The zero-order valence-corrected chi connectivity index (χ0v) is 12.1. The van der Waals surface area contributed by atoms with Crippen molar-refractivity contribution in [1.29, 1.82) is 0 Å². The zero-order valence-electron chi connectivity index (χ0n) is 10.5. The Labute approximate surface area is 115 Å². The van der Waals surface area contributed by atoms with Gasteiger partial charge in [0.2, 0.25) is 0 Å². The van der Waals surface area contributed by atoms with Crippen LogP contribution in [0.2, 0.25) is 0 Å². The third-order valence-electron chi connectivity index (χ3n) is 3.21. The molecule has 98 valence electrons. The van der Waals surface area contributed by atoms with Crippen LogP contribution >= 0.6 is 15.9 Å². The number of allylic oxidation sites excluding steroid dienone is 1. The first-order valence-electron chi connectivity index (χ1n) is 6.30. The maximum atomic E-state index is 12.0. The van der Waals surface area contributed by atoms with Gasteiger partial charge in [0.1, 0.15) is 4.47 Å². The lowest BCUT2D eigenvalue weighted by molar-refractivity contribution is 0.647. The lowest BCUT2D eigenvalue weighted by atomic mass is 10.2. The Morgan fingerprint density at radius 3 is 3.17 bits per heavy atom. The fraction of sp³-hybridized carbons (Fsp3) is 0.538. The Bertz CT molecular complexity index is 497. The number of hydrogen-bond acceptors (Lipinski definition) is 3. The van der Waals surface area contributed by atoms with Crippen molar-refractivity contribution in [3.63, 3.8) is 0 Å². The van der Waals surface area contributed by atoms with Gasteiger partial charge in [-0.25, -0.2) is 4.68 Å². The Balaban J connectivity index is 2.08. The van der Waals surface area contributed by atoms with Crippen LogP contribution in [0.25, 0.3) is 0 Å². The van der Waals surface area contributed by atoms with Gasteiger partial charge in [-0.1, -0.05) is 19.4 Å². The number of nitrogens with one attached hydrogen (secondary N) is 1. The molecule has 18 heavy (non-hydrogen) atoms. The molecular weight excluding hydrogens is 294 g/mol. The Kier molecular flexibility index (Phi) is 4.22. The van der Waals surface area contributed by atoms with E-state index in [1.165, 1.54) is 23.9 Å². The van der Waals surface area contributed by atoms with Crippen molar-refractivity contribution in [2.45, 2.75) is 38.8 Å². The molecule has 1 N–H and O–H groups in total. The van der Waals surface area contributed by atoms with Crippen LogP contribution in [0.3, 0.4) is 0 Å². The normalized spacial score (nSPS) is 21.7. The van der Waals surface area contributed by atoms with Crippen molar-refractivity contribution in [1.82, 2.24) is 9.78 Å². The van der Waals surface area contributed by atoms with Gasteiger partial charge in [0, 0.05) is 6.04 Å². The van der Waals surface area contributed by atoms with Crippen molar-refractivity contribution >= 4 is 21.6 Å². The van der Waals surface area contributed by atoms with E-state index in [2.05, 4.69) is 39.8 Å². The van der Waals surface area contributed by atoms with Crippen molar-refractivity contribution in [2.24, 2.45) is 5.92 Å². The van der Waals surface area contributed by atoms with Gasteiger partial charge in [-0.2, -0.15) is 5.10 Å². The summed E-state index contributed by atoms with van der Waals surface area (Å²) in [6.07, 6.45) is 7.01. The van der Waals surface area contributed by atoms with Crippen LogP contribution in [0.5, 0.6) is 0 Å². The second-order valence-electron chi connectivity index (χ2n) is 4.68. The maximum absolute atomic E-state index is 12.0. The van der Waals surface area contributed by atoms with E-state index in [1.807, 2.05) is 0 Å². The quantitative estimate of drug-likeness (QED) is 0.822. The highest BCUT2D eigenvalue weighted by Crippen LogP contribution is 2.37. The summed E-state index contributed by atoms with van der Waals surface area (Å²) in [6, 6.07) is 0.498. The van der Waals surface area contributed by atoms with E-state index in [0.717, 1.165) is 11.6 Å². The third kappa shape index (κ3) is 2.83. The first-order valence-corrected chi connectivity index (χ1v) is 7.09. The summed E-state index contributed by atoms with van der Waals surface area (Å²) in [5, 5.41) is 7.50. The van der Waals surface area contributed by atoms with E-state index in [9.17, 15) is 4.79 Å². The molecule has 1 heterocycles. The largest absolute Gasteiger partial charge is 0.380 e. The zero-order chi connectivity index (χ0) is 13.1. The van der Waals surface area contributed by atoms with Crippen LogP contribution in [0.15, 0.2) is 28.1 Å². The van der Waals surface area contributed by atoms with Crippen molar-refractivity contribution in [2.75, 3.05) is 5.32 Å². The summed E-state index contributed by atoms with van der Waals surface area (Å²) in [7, 11) is 0. The minimum atomic E-state index is -0.118. The third-order valence-corrected chi connectivity index (χ3v) is 3.98. The first kappa shape index (κ1) is 13.3. The summed E-state index contributed by atoms with van der Waals surface area (Å²) < 4.78 is 1.94. The molecule has 2 unspecified atom stereocenters. The molecule has 0 spiro atoms. The number of halogens is 1. The van der Waals surface area contributed by atoms with Crippen molar-refractivity contribution in [3.05, 3.63) is 33.7 Å². The van der Waals surface area contributed by atoms with Gasteiger partial charge in [0.15, 0.2) is 0 Å². The van der Waals surface area contributed by atoms with Crippen molar-refractivity contribution < 1.29 is 0 Å². The fourth-order valence-corrected chi connectivity index (χ4v) is 2.55. The molecule has 0 saturated heterocycles. The molecule has 0 radical (unpaired) electrons. The SMILES string of the molecule is C=CCn1ncc(NC2CC2CCC)c(Br)c1=O. The molecule has 2 atom stereocenters. The summed E-state index contributed by atoms with van der Waals surface area (Å²) in [5.41, 5.74) is 0.677. The van der Waals surface area contributed by atoms with Gasteiger partial charge in [-0.3, -0.25) is 4.79 Å². The van der Waals surface area contributed by atoms with Crippen LogP contribution in [-0.2, 0) is 6.54 Å². The second-order valence-corrected chi connectivity index (χ2v) is 5.48. The van der Waals surface area contributed by atoms with E-state index in [-0.39, 0.29) is 5.56 Å². The fourth-order valence-electron chi connectivity index (χ4n) is 2.13. The number of anilines is 1. The lowest BCUT2D eigenvalue weighted by Gasteiger charge is -2.09. The summed E-state index contributed by atoms with van der Waals surface area (Å²) >= 11 is 3.35. The predicted octanol–water partition coefficient (Wildman–Crippen LogP) is 2.79. The molecule has 5 heteroatoms. The maximum Gasteiger partial charge on any atom is 0.283 e. The minimum absolute atomic E-state index is 0.118. The average Bonchev–Trinajstić information content (AvgIpc) is 3.08. The number of aromatic nitrogens is 2. The van der Waals surface area contributed by atoms with Gasteiger partial charge in [-0.05, 0) is 34.7 Å². The van der Waals surface area contributed by atoms with Gasteiger partial charge in [-0.15, -0.1) is 6.58 Å². The molecule has 0 amide bonds. The molecular formula is C13H18BrN3O. The summed E-state index contributed by atoms with van der Waals surface area (Å²) in [4.78, 5) is 12.0. The summed E-state index contributed by atoms with van der Waals surface area (Å²) in [5.74, 6) is 0.748. The molecule has 1 aliphatic carbocycles. The molecule has 0 aliphatic heterocycles. The molecule has 1 fully saturated rings. The topological polar surface area (TPSA) is 46.9 Å². The van der Waals surface area contributed by atoms with Crippen molar-refractivity contribution in [3.8, 4) is 0 Å². The minimum Gasteiger partial charge on any atom is -0.380 e. The van der Waals surface area contributed by atoms with E-state index < -0.39 is 0 Å². The average molecular weight is 312 g/mol. The Morgan fingerprint density at radius 2 is 2.50 bits per heavy atom. The molecule has 2 rings (SSSR count). The highest BCUT2D eigenvalue weighted by atomic mass is 79.9. The Morgan fingerprint density at radius 1 is 1.72 bits per heavy atom. The predicted molar refractivity (Wildman–Crippen MR) is 76.8 cm³/mol. The Hall–Kier alpha value is -1.10. The molecule has 1 aliphatic rings. The van der Waals surface area contributed by atoms with E-state index in [0.29, 0.717) is 17.1 Å². The first-order chi connectivity index (χ1) is 8.67. The van der Waals surface area contributed by atoms with E-state index in [4.69, 9.17) is 0 Å². The van der Waals surface area contributed by atoms with Gasteiger partial charge < -0.3 is 5.32 Å². The second kappa shape index (κ2) is 5.69. The van der Waals surface area contributed by atoms with Crippen LogP contribution in [0.1, 0.15) is 26.2 Å². The molecule has 0 bridgehead atoms. The van der Waals surface area contributed by atoms with Gasteiger partial charge >= 0.3 is 0 Å². The van der Waals surface area contributed by atoms with Crippen LogP contribution in [0.4, 0.5) is 5.69 Å². The van der Waals surface area contributed by atoms with Crippen LogP contribution < -0.4 is 10.9 Å².